The first kappa shape index (κ1) is 9.01. The Hall–Kier alpha value is -1.08. The van der Waals surface area contributed by atoms with Crippen molar-refractivity contribution in [2.75, 3.05) is 0 Å². The first-order valence-electron chi connectivity index (χ1n) is 3.62. The number of aldehydes is 1. The van der Waals surface area contributed by atoms with Crippen molar-refractivity contribution in [2.24, 2.45) is 0 Å². The zero-order valence-electron chi connectivity index (χ0n) is 6.75. The SMILES string of the molecule is Cc1ccc(/C(Cl)=C/C=O)cc1. The van der Waals surface area contributed by atoms with Crippen molar-refractivity contribution < 1.29 is 4.79 Å². The fourth-order valence-corrected chi connectivity index (χ4v) is 1.05. The molecule has 0 radical (unpaired) electrons. The Bertz CT molecular complexity index is 298. The molecule has 1 aromatic rings. The lowest BCUT2D eigenvalue weighted by molar-refractivity contribution is -0.104. The lowest BCUT2D eigenvalue weighted by atomic mass is 10.1. The van der Waals surface area contributed by atoms with E-state index in [1.54, 1.807) is 0 Å². The van der Waals surface area contributed by atoms with Gasteiger partial charge >= 0.3 is 0 Å². The van der Waals surface area contributed by atoms with Crippen LogP contribution >= 0.6 is 11.6 Å². The van der Waals surface area contributed by atoms with Crippen LogP contribution in [0.4, 0.5) is 0 Å². The summed E-state index contributed by atoms with van der Waals surface area (Å²) in [4.78, 5) is 10.1. The Kier molecular flexibility index (Phi) is 3.06. The van der Waals surface area contributed by atoms with Gasteiger partial charge in [0.05, 0.1) is 5.03 Å². The smallest absolute Gasteiger partial charge is 0.144 e. The molecule has 0 spiro atoms. The Morgan fingerprint density at radius 3 is 2.42 bits per heavy atom. The van der Waals surface area contributed by atoms with Crippen LogP contribution in [0.2, 0.25) is 0 Å². The van der Waals surface area contributed by atoms with E-state index in [1.165, 1.54) is 11.6 Å². The van der Waals surface area contributed by atoms with E-state index in [9.17, 15) is 4.79 Å². The van der Waals surface area contributed by atoms with Crippen molar-refractivity contribution in [3.8, 4) is 0 Å². The fourth-order valence-electron chi connectivity index (χ4n) is 0.869. The summed E-state index contributed by atoms with van der Waals surface area (Å²) < 4.78 is 0. The molecule has 0 atom stereocenters. The number of hydrogen-bond acceptors (Lipinski definition) is 1. The van der Waals surface area contributed by atoms with Gasteiger partial charge < -0.3 is 0 Å². The van der Waals surface area contributed by atoms with Gasteiger partial charge in [-0.05, 0) is 18.6 Å². The maximum absolute atomic E-state index is 10.1. The molecule has 0 aromatic heterocycles. The highest BCUT2D eigenvalue weighted by molar-refractivity contribution is 6.49. The molecule has 2 heteroatoms. The van der Waals surface area contributed by atoms with E-state index in [2.05, 4.69) is 0 Å². The molecule has 0 unspecified atom stereocenters. The van der Waals surface area contributed by atoms with E-state index in [0.717, 1.165) is 5.56 Å². The Morgan fingerprint density at radius 2 is 1.92 bits per heavy atom. The third-order valence-electron chi connectivity index (χ3n) is 1.54. The van der Waals surface area contributed by atoms with Crippen molar-refractivity contribution in [1.29, 1.82) is 0 Å². The van der Waals surface area contributed by atoms with Crippen molar-refractivity contribution in [1.82, 2.24) is 0 Å². The lowest BCUT2D eigenvalue weighted by Gasteiger charge is -1.97. The van der Waals surface area contributed by atoms with Crippen LogP contribution in [0.3, 0.4) is 0 Å². The predicted molar refractivity (Wildman–Crippen MR) is 51.1 cm³/mol. The lowest BCUT2D eigenvalue weighted by Crippen LogP contribution is -1.78. The molecule has 0 bridgehead atoms. The van der Waals surface area contributed by atoms with Crippen LogP contribution in [-0.2, 0) is 4.79 Å². The maximum Gasteiger partial charge on any atom is 0.144 e. The predicted octanol–water partition coefficient (Wildman–Crippen LogP) is 2.77. The van der Waals surface area contributed by atoms with Gasteiger partial charge in [-0.15, -0.1) is 0 Å². The van der Waals surface area contributed by atoms with Crippen molar-refractivity contribution >= 4 is 22.9 Å². The van der Waals surface area contributed by atoms with Gasteiger partial charge in [0, 0.05) is 0 Å². The second kappa shape index (κ2) is 4.07. The largest absolute Gasteiger partial charge is 0.299 e. The Morgan fingerprint density at radius 1 is 1.33 bits per heavy atom. The van der Waals surface area contributed by atoms with E-state index in [4.69, 9.17) is 11.6 Å². The molecule has 0 aliphatic carbocycles. The summed E-state index contributed by atoms with van der Waals surface area (Å²) >= 11 is 5.79. The number of carbonyl (C=O) groups is 1. The number of hydrogen-bond donors (Lipinski definition) is 0. The number of halogens is 1. The average molecular weight is 181 g/mol. The van der Waals surface area contributed by atoms with Crippen molar-refractivity contribution in [3.05, 3.63) is 41.5 Å². The van der Waals surface area contributed by atoms with Crippen LogP contribution in [-0.4, -0.2) is 6.29 Å². The van der Waals surface area contributed by atoms with Crippen LogP contribution < -0.4 is 0 Å². The highest BCUT2D eigenvalue weighted by atomic mass is 35.5. The van der Waals surface area contributed by atoms with Gasteiger partial charge in [-0.25, -0.2) is 0 Å². The number of benzene rings is 1. The molecular weight excluding hydrogens is 172 g/mol. The van der Waals surface area contributed by atoms with Crippen LogP contribution in [0.15, 0.2) is 30.3 Å². The molecule has 0 aliphatic rings. The number of carbonyl (C=O) groups excluding carboxylic acids is 1. The number of allylic oxidation sites excluding steroid dienone is 1. The van der Waals surface area contributed by atoms with E-state index in [-0.39, 0.29) is 0 Å². The number of aryl methyl sites for hydroxylation is 1. The molecule has 12 heavy (non-hydrogen) atoms. The second-order valence-electron chi connectivity index (χ2n) is 2.52. The van der Waals surface area contributed by atoms with Gasteiger partial charge in [-0.1, -0.05) is 41.4 Å². The first-order valence-corrected chi connectivity index (χ1v) is 4.00. The van der Waals surface area contributed by atoms with E-state index in [1.807, 2.05) is 31.2 Å². The van der Waals surface area contributed by atoms with Gasteiger partial charge in [-0.3, -0.25) is 4.79 Å². The molecule has 0 saturated carbocycles. The van der Waals surface area contributed by atoms with E-state index in [0.29, 0.717) is 11.3 Å². The molecule has 1 aromatic carbocycles. The zero-order valence-corrected chi connectivity index (χ0v) is 7.51. The second-order valence-corrected chi connectivity index (χ2v) is 2.92. The minimum atomic E-state index is 0.477. The van der Waals surface area contributed by atoms with Gasteiger partial charge in [0.1, 0.15) is 6.29 Å². The van der Waals surface area contributed by atoms with Gasteiger partial charge in [-0.2, -0.15) is 0 Å². The summed E-state index contributed by atoms with van der Waals surface area (Å²) in [6.45, 7) is 2.00. The molecule has 0 N–H and O–H groups in total. The third kappa shape index (κ3) is 2.21. The third-order valence-corrected chi connectivity index (χ3v) is 1.89. The summed E-state index contributed by atoms with van der Waals surface area (Å²) in [5.41, 5.74) is 2.05. The normalized spacial score (nSPS) is 11.3. The van der Waals surface area contributed by atoms with E-state index >= 15 is 0 Å². The van der Waals surface area contributed by atoms with Gasteiger partial charge in [0.15, 0.2) is 0 Å². The van der Waals surface area contributed by atoms with Crippen LogP contribution in [0.1, 0.15) is 11.1 Å². The summed E-state index contributed by atoms with van der Waals surface area (Å²) in [6.07, 6.45) is 2.02. The minimum absolute atomic E-state index is 0.477. The summed E-state index contributed by atoms with van der Waals surface area (Å²) in [5.74, 6) is 0. The summed E-state index contributed by atoms with van der Waals surface area (Å²) in [7, 11) is 0. The topological polar surface area (TPSA) is 17.1 Å². The molecule has 0 saturated heterocycles. The average Bonchev–Trinajstić information content (AvgIpc) is 2.06. The highest BCUT2D eigenvalue weighted by Gasteiger charge is 1.95. The highest BCUT2D eigenvalue weighted by Crippen LogP contribution is 2.17. The maximum atomic E-state index is 10.1. The molecule has 0 heterocycles. The van der Waals surface area contributed by atoms with Gasteiger partial charge in [0.2, 0.25) is 0 Å². The summed E-state index contributed by atoms with van der Waals surface area (Å²) in [6, 6.07) is 7.68. The molecular formula is C10H9ClO. The molecule has 1 rings (SSSR count). The van der Waals surface area contributed by atoms with Crippen LogP contribution in [0, 0.1) is 6.92 Å². The quantitative estimate of drug-likeness (QED) is 0.505. The van der Waals surface area contributed by atoms with Gasteiger partial charge in [0.25, 0.3) is 0 Å². The summed E-state index contributed by atoms with van der Waals surface area (Å²) in [5, 5.41) is 0.477. The molecule has 0 aliphatic heterocycles. The minimum Gasteiger partial charge on any atom is -0.299 e. The number of rotatable bonds is 2. The molecule has 62 valence electrons. The first-order chi connectivity index (χ1) is 5.74. The van der Waals surface area contributed by atoms with Crippen molar-refractivity contribution in [3.63, 3.8) is 0 Å². The zero-order chi connectivity index (χ0) is 8.97. The fraction of sp³-hybridized carbons (Fsp3) is 0.100. The van der Waals surface area contributed by atoms with Crippen LogP contribution in [0.25, 0.3) is 5.03 Å². The van der Waals surface area contributed by atoms with Crippen molar-refractivity contribution in [2.45, 2.75) is 6.92 Å². The Balaban J connectivity index is 2.97. The monoisotopic (exact) mass is 180 g/mol. The van der Waals surface area contributed by atoms with E-state index < -0.39 is 0 Å². The Labute approximate surface area is 76.7 Å². The standard InChI is InChI=1S/C10H9ClO/c1-8-2-4-9(5-3-8)10(11)6-7-12/h2-7H,1H3/b10-6-. The molecule has 0 amide bonds. The molecule has 0 fully saturated rings. The van der Waals surface area contributed by atoms with Crippen LogP contribution in [0.5, 0.6) is 0 Å². The molecule has 1 nitrogen and oxygen atoms in total.